The number of aromatic nitrogens is 1. The molecular weight excluding hydrogens is 350 g/mol. The molecule has 0 saturated carbocycles. The largest absolute Gasteiger partial charge is 0.465 e. The summed E-state index contributed by atoms with van der Waals surface area (Å²) < 4.78 is 18.7. The van der Waals surface area contributed by atoms with E-state index in [9.17, 15) is 13.8 Å². The Morgan fingerprint density at radius 3 is 2.58 bits per heavy atom. The molecule has 6 heteroatoms. The number of hydrogen-bond acceptors (Lipinski definition) is 4. The molecule has 5 nitrogen and oxygen atoms in total. The van der Waals surface area contributed by atoms with E-state index >= 15 is 0 Å². The van der Waals surface area contributed by atoms with Crippen LogP contribution in [0.15, 0.2) is 41.3 Å². The molecule has 0 spiro atoms. The summed E-state index contributed by atoms with van der Waals surface area (Å²) in [5.41, 5.74) is 1.98. The summed E-state index contributed by atoms with van der Waals surface area (Å²) in [6, 6.07) is 10.4. The van der Waals surface area contributed by atoms with Gasteiger partial charge in [-0.2, -0.15) is 0 Å². The van der Waals surface area contributed by atoms with Gasteiger partial charge in [0.05, 0.1) is 18.2 Å². The number of ether oxygens (including phenoxy) is 1. The van der Waals surface area contributed by atoms with E-state index in [0.717, 1.165) is 18.5 Å². The van der Waals surface area contributed by atoms with Crippen molar-refractivity contribution >= 4 is 22.6 Å². The van der Waals surface area contributed by atoms with Crippen LogP contribution in [0.2, 0.25) is 0 Å². The first-order valence-corrected chi connectivity index (χ1v) is 10.4. The monoisotopic (exact) mass is 373 g/mol. The highest BCUT2D eigenvalue weighted by molar-refractivity contribution is 7.84. The highest BCUT2D eigenvalue weighted by Gasteiger charge is 2.32. The van der Waals surface area contributed by atoms with Crippen LogP contribution in [0.4, 0.5) is 0 Å². The topological polar surface area (TPSA) is 65.4 Å². The molecule has 0 bridgehead atoms. The van der Waals surface area contributed by atoms with Crippen LogP contribution in [0.1, 0.15) is 53.8 Å². The predicted octanol–water partition coefficient (Wildman–Crippen LogP) is 3.29. The van der Waals surface area contributed by atoms with Gasteiger partial charge in [-0.15, -0.1) is 0 Å². The Hall–Kier alpha value is -2.21. The molecule has 1 aliphatic rings. The van der Waals surface area contributed by atoms with Crippen LogP contribution in [-0.4, -0.2) is 33.4 Å². The van der Waals surface area contributed by atoms with E-state index in [-0.39, 0.29) is 17.7 Å². The number of ketones is 1. The van der Waals surface area contributed by atoms with Crippen molar-refractivity contribution in [3.63, 3.8) is 0 Å². The molecular formula is C20H23NO4S. The predicted molar refractivity (Wildman–Crippen MR) is 99.9 cm³/mol. The number of benzene rings is 1. The second-order valence-corrected chi connectivity index (χ2v) is 7.84. The average Bonchev–Trinajstić information content (AvgIpc) is 3.23. The lowest BCUT2D eigenvalue weighted by Crippen LogP contribution is -2.14. The molecule has 138 valence electrons. The minimum absolute atomic E-state index is 0.0929. The maximum Gasteiger partial charge on any atom is 0.315 e. The molecule has 0 saturated heterocycles. The first kappa shape index (κ1) is 18.6. The third-order valence-corrected chi connectivity index (χ3v) is 5.66. The molecule has 2 aromatic rings. The highest BCUT2D eigenvalue weighted by Crippen LogP contribution is 2.32. The summed E-state index contributed by atoms with van der Waals surface area (Å²) >= 11 is 0. The molecule has 1 aliphatic heterocycles. The molecule has 2 unspecified atom stereocenters. The zero-order valence-corrected chi connectivity index (χ0v) is 15.9. The van der Waals surface area contributed by atoms with Crippen molar-refractivity contribution in [1.29, 1.82) is 0 Å². The smallest absolute Gasteiger partial charge is 0.315 e. The zero-order valence-electron chi connectivity index (χ0n) is 15.1. The van der Waals surface area contributed by atoms with E-state index in [1.165, 1.54) is 0 Å². The Labute approximate surface area is 155 Å². The maximum absolute atomic E-state index is 12.8. The van der Waals surface area contributed by atoms with Crippen LogP contribution in [0.5, 0.6) is 0 Å². The van der Waals surface area contributed by atoms with Gasteiger partial charge in [0.25, 0.3) is 0 Å². The quantitative estimate of drug-likeness (QED) is 0.424. The van der Waals surface area contributed by atoms with Crippen molar-refractivity contribution in [3.8, 4) is 0 Å². The Bertz CT molecular complexity index is 838. The first-order valence-electron chi connectivity index (χ1n) is 8.87. The van der Waals surface area contributed by atoms with Gasteiger partial charge in [0.15, 0.2) is 0 Å². The molecule has 0 aliphatic carbocycles. The molecule has 0 fully saturated rings. The standard InChI is InChI=1S/C20H23NO4S/c1-3-4-13-25-20(23)16-11-12-21-17(16)9-10-18(21)19(22)14-5-7-15(8-6-14)26(2)24/h5-10,16H,3-4,11-13H2,1-2H3. The SMILES string of the molecule is CCCCOC(=O)C1CCn2c(C(=O)c3ccc(S(C)=O)cc3)ccc21. The lowest BCUT2D eigenvalue weighted by atomic mass is 10.1. The van der Waals surface area contributed by atoms with Gasteiger partial charge in [-0.05, 0) is 49.2 Å². The van der Waals surface area contributed by atoms with Gasteiger partial charge in [-0.25, -0.2) is 0 Å². The van der Waals surface area contributed by atoms with Crippen molar-refractivity contribution in [2.75, 3.05) is 12.9 Å². The number of carbonyl (C=O) groups excluding carboxylic acids is 2. The van der Waals surface area contributed by atoms with Crippen molar-refractivity contribution in [3.05, 3.63) is 53.3 Å². The van der Waals surface area contributed by atoms with E-state index in [0.29, 0.717) is 35.7 Å². The van der Waals surface area contributed by atoms with Crippen LogP contribution in [-0.2, 0) is 26.9 Å². The third-order valence-electron chi connectivity index (χ3n) is 4.72. The van der Waals surface area contributed by atoms with E-state index in [4.69, 9.17) is 4.74 Å². The van der Waals surface area contributed by atoms with Gasteiger partial charge in [-0.1, -0.05) is 13.3 Å². The Kier molecular flexibility index (Phi) is 5.71. The van der Waals surface area contributed by atoms with E-state index in [1.807, 2.05) is 10.6 Å². The second kappa shape index (κ2) is 7.99. The van der Waals surface area contributed by atoms with Crippen molar-refractivity contribution in [1.82, 2.24) is 4.57 Å². The van der Waals surface area contributed by atoms with Crippen LogP contribution in [0, 0.1) is 0 Å². The van der Waals surface area contributed by atoms with E-state index < -0.39 is 10.8 Å². The first-order chi connectivity index (χ1) is 12.5. The number of esters is 1. The Balaban J connectivity index is 1.77. The molecule has 2 heterocycles. The number of rotatable bonds is 7. The molecule has 0 radical (unpaired) electrons. The molecule has 0 amide bonds. The van der Waals surface area contributed by atoms with E-state index in [2.05, 4.69) is 6.92 Å². The third kappa shape index (κ3) is 3.65. The van der Waals surface area contributed by atoms with Gasteiger partial charge in [-0.3, -0.25) is 13.8 Å². The van der Waals surface area contributed by atoms with E-state index in [1.54, 1.807) is 36.6 Å². The Morgan fingerprint density at radius 2 is 1.92 bits per heavy atom. The molecule has 1 aromatic heterocycles. The summed E-state index contributed by atoms with van der Waals surface area (Å²) in [6.45, 7) is 3.13. The summed E-state index contributed by atoms with van der Waals surface area (Å²) in [4.78, 5) is 25.8. The number of unbranched alkanes of at least 4 members (excludes halogenated alkanes) is 1. The van der Waals surface area contributed by atoms with Crippen LogP contribution in [0.3, 0.4) is 0 Å². The highest BCUT2D eigenvalue weighted by atomic mass is 32.2. The van der Waals surface area contributed by atoms with Crippen LogP contribution < -0.4 is 0 Å². The fourth-order valence-electron chi connectivity index (χ4n) is 3.24. The second-order valence-electron chi connectivity index (χ2n) is 6.47. The fraction of sp³-hybridized carbons (Fsp3) is 0.400. The van der Waals surface area contributed by atoms with Crippen LogP contribution >= 0.6 is 0 Å². The van der Waals surface area contributed by atoms with Crippen LogP contribution in [0.25, 0.3) is 0 Å². The van der Waals surface area contributed by atoms with Crippen molar-refractivity contribution in [2.24, 2.45) is 0 Å². The zero-order chi connectivity index (χ0) is 18.7. The minimum Gasteiger partial charge on any atom is -0.465 e. The summed E-state index contributed by atoms with van der Waals surface area (Å²) in [6.07, 6.45) is 4.12. The molecule has 3 rings (SSSR count). The minimum atomic E-state index is -1.07. The summed E-state index contributed by atoms with van der Waals surface area (Å²) in [5, 5.41) is 0. The van der Waals surface area contributed by atoms with Gasteiger partial charge in [0, 0.05) is 39.8 Å². The lowest BCUT2D eigenvalue weighted by molar-refractivity contribution is -0.145. The van der Waals surface area contributed by atoms with Gasteiger partial charge >= 0.3 is 5.97 Å². The van der Waals surface area contributed by atoms with Gasteiger partial charge < -0.3 is 9.30 Å². The molecule has 26 heavy (non-hydrogen) atoms. The van der Waals surface area contributed by atoms with Crippen molar-refractivity contribution < 1.29 is 18.5 Å². The average molecular weight is 373 g/mol. The normalized spacial score (nSPS) is 16.9. The lowest BCUT2D eigenvalue weighted by Gasteiger charge is -2.09. The molecule has 1 aromatic carbocycles. The number of hydrogen-bond donors (Lipinski definition) is 0. The summed E-state index contributed by atoms with van der Waals surface area (Å²) in [7, 11) is -1.07. The summed E-state index contributed by atoms with van der Waals surface area (Å²) in [5.74, 6) is -0.591. The number of carbonyl (C=O) groups is 2. The number of fused-ring (bicyclic) bond motifs is 1. The number of nitrogens with zero attached hydrogens (tertiary/aromatic N) is 1. The van der Waals surface area contributed by atoms with Crippen molar-refractivity contribution in [2.45, 2.75) is 43.5 Å². The molecule has 0 N–H and O–H groups in total. The maximum atomic E-state index is 12.8. The molecule has 2 atom stereocenters. The Morgan fingerprint density at radius 1 is 1.19 bits per heavy atom. The van der Waals surface area contributed by atoms with Gasteiger partial charge in [0.2, 0.25) is 5.78 Å². The van der Waals surface area contributed by atoms with Gasteiger partial charge in [0.1, 0.15) is 0 Å². The fourth-order valence-corrected chi connectivity index (χ4v) is 3.76.